The molecule has 0 saturated heterocycles. The highest BCUT2D eigenvalue weighted by molar-refractivity contribution is 6.04. The van der Waals surface area contributed by atoms with Gasteiger partial charge in [0.05, 0.1) is 29.1 Å². The Kier molecular flexibility index (Phi) is 7.97. The molecule has 0 radical (unpaired) electrons. The van der Waals surface area contributed by atoms with Crippen molar-refractivity contribution in [3.8, 4) is 16.9 Å². The Morgan fingerprint density at radius 3 is 2.45 bits per heavy atom. The number of halogens is 2. The lowest BCUT2D eigenvalue weighted by Crippen LogP contribution is -2.49. The minimum Gasteiger partial charge on any atom is -0.489 e. The van der Waals surface area contributed by atoms with Crippen LogP contribution >= 0.6 is 0 Å². The highest BCUT2D eigenvalue weighted by Gasteiger charge is 2.32. The van der Waals surface area contributed by atoms with Crippen molar-refractivity contribution in [2.75, 3.05) is 23.9 Å². The number of amides is 2. The van der Waals surface area contributed by atoms with Gasteiger partial charge in [0.1, 0.15) is 30.0 Å². The number of hydrogen-bond donors (Lipinski definition) is 3. The summed E-state index contributed by atoms with van der Waals surface area (Å²) >= 11 is 0. The van der Waals surface area contributed by atoms with Gasteiger partial charge in [-0.25, -0.2) is 8.78 Å². The quantitative estimate of drug-likeness (QED) is 0.412. The van der Waals surface area contributed by atoms with Gasteiger partial charge in [-0.1, -0.05) is 6.07 Å². The SMILES string of the molecule is CC(C)Nc1cc(C(=O)N[C@H]2COc3ccc(-c4ccn(CC(C)(C)O)c(=O)c4)cc3N(C)C2=O)c(F)cc1F. The molecule has 0 fully saturated rings. The highest BCUT2D eigenvalue weighted by Crippen LogP contribution is 2.35. The minimum atomic E-state index is -1.15. The molecule has 1 aliphatic rings. The van der Waals surface area contributed by atoms with Gasteiger partial charge in [-0.2, -0.15) is 0 Å². The number of aromatic nitrogens is 1. The number of nitrogens with zero attached hydrogens (tertiary/aromatic N) is 2. The van der Waals surface area contributed by atoms with E-state index in [2.05, 4.69) is 10.6 Å². The molecule has 1 aromatic heterocycles. The molecule has 0 spiro atoms. The first kappa shape index (κ1) is 28.8. The first-order chi connectivity index (χ1) is 18.7. The maximum Gasteiger partial charge on any atom is 0.255 e. The monoisotopic (exact) mass is 554 g/mol. The molecule has 3 aromatic rings. The molecule has 0 saturated carbocycles. The molecule has 1 atom stereocenters. The third-order valence-electron chi connectivity index (χ3n) is 6.29. The predicted octanol–water partition coefficient (Wildman–Crippen LogP) is 3.54. The van der Waals surface area contributed by atoms with Crippen LogP contribution in [0.3, 0.4) is 0 Å². The van der Waals surface area contributed by atoms with E-state index in [0.717, 1.165) is 6.07 Å². The molecule has 4 rings (SSSR count). The van der Waals surface area contributed by atoms with Crippen molar-refractivity contribution in [1.29, 1.82) is 0 Å². The number of pyridine rings is 1. The van der Waals surface area contributed by atoms with Gasteiger partial charge in [-0.3, -0.25) is 14.4 Å². The fraction of sp³-hybridized carbons (Fsp3) is 0.345. The standard InChI is InChI=1S/C29H32F2N4O5/c1-16(2)32-22-12-19(20(30)13-21(22)31)27(37)33-23-14-40-25-7-6-17(10-24(25)34(5)28(23)38)18-8-9-35(26(36)11-18)15-29(3,4)39/h6-13,16,23,32,39H,14-15H2,1-5H3,(H,33,37)/t23-/m0/s1. The zero-order valence-corrected chi connectivity index (χ0v) is 22.9. The Hall–Kier alpha value is -4.25. The van der Waals surface area contributed by atoms with Crippen LogP contribution in [0, 0.1) is 11.6 Å². The predicted molar refractivity (Wildman–Crippen MR) is 148 cm³/mol. The fourth-order valence-electron chi connectivity index (χ4n) is 4.40. The molecular weight excluding hydrogens is 522 g/mol. The number of fused-ring (bicyclic) bond motifs is 1. The molecule has 212 valence electrons. The lowest BCUT2D eigenvalue weighted by atomic mass is 10.0. The first-order valence-corrected chi connectivity index (χ1v) is 12.8. The molecule has 2 aromatic carbocycles. The molecule has 0 bridgehead atoms. The maximum absolute atomic E-state index is 14.5. The van der Waals surface area contributed by atoms with Gasteiger partial charge >= 0.3 is 0 Å². The highest BCUT2D eigenvalue weighted by atomic mass is 19.1. The van der Waals surface area contributed by atoms with Gasteiger partial charge in [-0.15, -0.1) is 0 Å². The number of carbonyl (C=O) groups is 2. The summed E-state index contributed by atoms with van der Waals surface area (Å²) in [5, 5.41) is 15.3. The van der Waals surface area contributed by atoms with E-state index >= 15 is 0 Å². The average molecular weight is 555 g/mol. The van der Waals surface area contributed by atoms with E-state index in [0.29, 0.717) is 28.6 Å². The number of hydrogen-bond acceptors (Lipinski definition) is 6. The Balaban J connectivity index is 1.56. The number of likely N-dealkylation sites (N-methyl/N-ethyl adjacent to an activating group) is 1. The normalized spacial score (nSPS) is 15.4. The van der Waals surface area contributed by atoms with E-state index in [4.69, 9.17) is 4.74 Å². The van der Waals surface area contributed by atoms with Crippen molar-refractivity contribution in [2.24, 2.45) is 0 Å². The van der Waals surface area contributed by atoms with E-state index in [-0.39, 0.29) is 30.4 Å². The summed E-state index contributed by atoms with van der Waals surface area (Å²) in [6.07, 6.45) is 1.59. The van der Waals surface area contributed by atoms with Crippen LogP contribution in [0.2, 0.25) is 0 Å². The van der Waals surface area contributed by atoms with E-state index in [1.807, 2.05) is 0 Å². The van der Waals surface area contributed by atoms with Gasteiger partial charge < -0.3 is 29.9 Å². The van der Waals surface area contributed by atoms with Crippen LogP contribution in [0.15, 0.2) is 53.5 Å². The summed E-state index contributed by atoms with van der Waals surface area (Å²) in [4.78, 5) is 40.1. The third-order valence-corrected chi connectivity index (χ3v) is 6.29. The summed E-state index contributed by atoms with van der Waals surface area (Å²) in [7, 11) is 1.52. The molecule has 3 N–H and O–H groups in total. The molecule has 0 aliphatic carbocycles. The summed E-state index contributed by atoms with van der Waals surface area (Å²) in [6.45, 7) is 6.68. The Morgan fingerprint density at radius 1 is 1.10 bits per heavy atom. The van der Waals surface area contributed by atoms with Gasteiger partial charge in [0, 0.05) is 31.4 Å². The lowest BCUT2D eigenvalue weighted by molar-refractivity contribution is -0.120. The van der Waals surface area contributed by atoms with E-state index in [1.165, 1.54) is 22.6 Å². The minimum absolute atomic E-state index is 0.0326. The van der Waals surface area contributed by atoms with E-state index < -0.39 is 40.7 Å². The molecular formula is C29H32F2N4O5. The Morgan fingerprint density at radius 2 is 1.80 bits per heavy atom. The van der Waals surface area contributed by atoms with Crippen LogP contribution in [-0.2, 0) is 11.3 Å². The molecule has 40 heavy (non-hydrogen) atoms. The first-order valence-electron chi connectivity index (χ1n) is 12.8. The zero-order valence-electron chi connectivity index (χ0n) is 22.9. The van der Waals surface area contributed by atoms with Crippen LogP contribution < -0.4 is 25.8 Å². The molecule has 9 nitrogen and oxygen atoms in total. The second-order valence-electron chi connectivity index (χ2n) is 10.7. The van der Waals surface area contributed by atoms with Gasteiger partial charge in [0.15, 0.2) is 0 Å². The van der Waals surface area contributed by atoms with Crippen LogP contribution in [0.1, 0.15) is 38.1 Å². The number of nitrogens with one attached hydrogen (secondary N) is 2. The number of anilines is 2. The van der Waals surface area contributed by atoms with Gasteiger partial charge in [0.2, 0.25) is 0 Å². The van der Waals surface area contributed by atoms with Gasteiger partial charge in [0.25, 0.3) is 17.4 Å². The Bertz CT molecular complexity index is 1510. The molecule has 2 heterocycles. The summed E-state index contributed by atoms with van der Waals surface area (Å²) < 4.78 is 35.9. The molecule has 0 unspecified atom stereocenters. The fourth-order valence-corrected chi connectivity index (χ4v) is 4.40. The van der Waals surface area contributed by atoms with Crippen LogP contribution in [0.5, 0.6) is 5.75 Å². The number of benzene rings is 2. The number of ether oxygens (including phenoxy) is 1. The zero-order chi connectivity index (χ0) is 29.4. The average Bonchev–Trinajstić information content (AvgIpc) is 2.97. The van der Waals surface area contributed by atoms with Crippen molar-refractivity contribution >= 4 is 23.2 Å². The van der Waals surface area contributed by atoms with Crippen molar-refractivity contribution in [1.82, 2.24) is 9.88 Å². The smallest absolute Gasteiger partial charge is 0.255 e. The largest absolute Gasteiger partial charge is 0.489 e. The second-order valence-corrected chi connectivity index (χ2v) is 10.7. The number of rotatable bonds is 7. The van der Waals surface area contributed by atoms with Crippen molar-refractivity contribution in [2.45, 2.75) is 51.9 Å². The number of aliphatic hydroxyl groups is 1. The second kappa shape index (κ2) is 11.1. The molecule has 11 heteroatoms. The number of carbonyl (C=O) groups excluding carboxylic acids is 2. The summed E-state index contributed by atoms with van der Waals surface area (Å²) in [6, 6.07) is 8.65. The van der Waals surface area contributed by atoms with Crippen molar-refractivity contribution in [3.63, 3.8) is 0 Å². The summed E-state index contributed by atoms with van der Waals surface area (Å²) in [5.74, 6) is -2.91. The topological polar surface area (TPSA) is 113 Å². The van der Waals surface area contributed by atoms with E-state index in [1.54, 1.807) is 58.2 Å². The molecule has 2 amide bonds. The van der Waals surface area contributed by atoms with Crippen LogP contribution in [0.25, 0.3) is 11.1 Å². The van der Waals surface area contributed by atoms with Crippen molar-refractivity contribution in [3.05, 3.63) is 76.2 Å². The van der Waals surface area contributed by atoms with E-state index in [9.17, 15) is 28.3 Å². The van der Waals surface area contributed by atoms with Gasteiger partial charge in [-0.05, 0) is 63.1 Å². The van der Waals surface area contributed by atoms with Crippen LogP contribution in [-0.4, -0.2) is 52.8 Å². The third kappa shape index (κ3) is 6.31. The maximum atomic E-state index is 14.5. The van der Waals surface area contributed by atoms with Crippen LogP contribution in [0.4, 0.5) is 20.2 Å². The molecule has 1 aliphatic heterocycles. The summed E-state index contributed by atoms with van der Waals surface area (Å²) in [5.41, 5.74) is -0.132. The van der Waals surface area contributed by atoms with Crippen molar-refractivity contribution < 1.29 is 28.2 Å². The lowest BCUT2D eigenvalue weighted by Gasteiger charge is -2.21. The Labute approximate surface area is 230 Å².